The standard InChI is InChI=1S/C7H6ClN3O/c1-12-5-3-9-7-4(5)2-6(8)10-11-7/h2-3H,1H3,(H,9,11). The van der Waals surface area contributed by atoms with Crippen LogP contribution >= 0.6 is 11.6 Å². The molecule has 0 aliphatic carbocycles. The fourth-order valence-corrected chi connectivity index (χ4v) is 1.19. The van der Waals surface area contributed by atoms with Crippen molar-refractivity contribution >= 4 is 22.6 Å². The van der Waals surface area contributed by atoms with Crippen molar-refractivity contribution < 1.29 is 4.74 Å². The van der Waals surface area contributed by atoms with E-state index in [0.717, 1.165) is 11.1 Å². The predicted molar refractivity (Wildman–Crippen MR) is 45.5 cm³/mol. The van der Waals surface area contributed by atoms with Gasteiger partial charge in [0.2, 0.25) is 0 Å². The summed E-state index contributed by atoms with van der Waals surface area (Å²) in [5, 5.41) is 8.72. The highest BCUT2D eigenvalue weighted by Crippen LogP contribution is 2.24. The Bertz CT molecular complexity index is 412. The van der Waals surface area contributed by atoms with Crippen LogP contribution in [0.3, 0.4) is 0 Å². The molecule has 0 radical (unpaired) electrons. The summed E-state index contributed by atoms with van der Waals surface area (Å²) in [6.45, 7) is 0. The molecule has 1 N–H and O–H groups in total. The zero-order chi connectivity index (χ0) is 8.55. The van der Waals surface area contributed by atoms with Crippen LogP contribution in [0.15, 0.2) is 12.3 Å². The molecule has 0 fully saturated rings. The molecule has 0 saturated carbocycles. The first-order valence-electron chi connectivity index (χ1n) is 3.35. The monoisotopic (exact) mass is 183 g/mol. The third-order valence-electron chi connectivity index (χ3n) is 1.59. The lowest BCUT2D eigenvalue weighted by Crippen LogP contribution is -1.83. The number of hydrogen-bond donors (Lipinski definition) is 1. The number of H-pyrrole nitrogens is 1. The summed E-state index contributed by atoms with van der Waals surface area (Å²) in [6, 6.07) is 1.71. The van der Waals surface area contributed by atoms with Crippen LogP contribution in [-0.2, 0) is 0 Å². The van der Waals surface area contributed by atoms with Crippen LogP contribution in [0.25, 0.3) is 11.0 Å². The Hall–Kier alpha value is -1.29. The van der Waals surface area contributed by atoms with Crippen molar-refractivity contribution in [3.05, 3.63) is 17.4 Å². The Kier molecular flexibility index (Phi) is 1.62. The number of rotatable bonds is 1. The molecule has 0 amide bonds. The quantitative estimate of drug-likeness (QED) is 0.731. The van der Waals surface area contributed by atoms with E-state index in [-0.39, 0.29) is 0 Å². The van der Waals surface area contributed by atoms with E-state index in [0.29, 0.717) is 10.8 Å². The topological polar surface area (TPSA) is 50.8 Å². The first kappa shape index (κ1) is 7.36. The second-order valence-corrected chi connectivity index (χ2v) is 2.67. The van der Waals surface area contributed by atoms with Crippen LogP contribution in [0.1, 0.15) is 0 Å². The van der Waals surface area contributed by atoms with Crippen molar-refractivity contribution in [1.82, 2.24) is 15.2 Å². The lowest BCUT2D eigenvalue weighted by Gasteiger charge is -1.94. The fourth-order valence-electron chi connectivity index (χ4n) is 1.04. The lowest BCUT2D eigenvalue weighted by atomic mass is 10.3. The summed E-state index contributed by atoms with van der Waals surface area (Å²) in [7, 11) is 1.59. The van der Waals surface area contributed by atoms with Crippen LogP contribution < -0.4 is 4.74 Å². The average Bonchev–Trinajstić information content (AvgIpc) is 2.46. The molecule has 5 heteroatoms. The minimum atomic E-state index is 0.361. The summed E-state index contributed by atoms with van der Waals surface area (Å²) in [6.07, 6.45) is 1.72. The maximum absolute atomic E-state index is 5.66. The van der Waals surface area contributed by atoms with E-state index in [1.54, 1.807) is 19.4 Å². The van der Waals surface area contributed by atoms with E-state index in [1.165, 1.54) is 0 Å². The van der Waals surface area contributed by atoms with Gasteiger partial charge in [0.05, 0.1) is 12.5 Å². The summed E-state index contributed by atoms with van der Waals surface area (Å²) in [5.74, 6) is 0.724. The molecular weight excluding hydrogens is 178 g/mol. The molecule has 0 aliphatic heterocycles. The highest BCUT2D eigenvalue weighted by Gasteiger charge is 2.05. The van der Waals surface area contributed by atoms with Crippen LogP contribution in [-0.4, -0.2) is 22.3 Å². The van der Waals surface area contributed by atoms with Gasteiger partial charge >= 0.3 is 0 Å². The second kappa shape index (κ2) is 2.64. The van der Waals surface area contributed by atoms with Crippen molar-refractivity contribution in [2.75, 3.05) is 7.11 Å². The minimum Gasteiger partial charge on any atom is -0.494 e. The summed E-state index contributed by atoms with van der Waals surface area (Å²) in [4.78, 5) is 2.91. The number of ether oxygens (including phenoxy) is 1. The first-order valence-corrected chi connectivity index (χ1v) is 3.73. The van der Waals surface area contributed by atoms with Gasteiger partial charge in [0.15, 0.2) is 10.8 Å². The lowest BCUT2D eigenvalue weighted by molar-refractivity contribution is 0.419. The number of fused-ring (bicyclic) bond motifs is 1. The Morgan fingerprint density at radius 2 is 2.33 bits per heavy atom. The third-order valence-corrected chi connectivity index (χ3v) is 1.77. The van der Waals surface area contributed by atoms with Gasteiger partial charge < -0.3 is 9.72 Å². The Morgan fingerprint density at radius 1 is 1.50 bits per heavy atom. The molecule has 0 atom stereocenters. The zero-order valence-corrected chi connectivity index (χ0v) is 7.09. The normalized spacial score (nSPS) is 10.5. The van der Waals surface area contributed by atoms with Crippen LogP contribution in [0, 0.1) is 0 Å². The third kappa shape index (κ3) is 1.00. The first-order chi connectivity index (χ1) is 5.81. The van der Waals surface area contributed by atoms with E-state index in [1.807, 2.05) is 0 Å². The largest absolute Gasteiger partial charge is 0.494 e. The maximum Gasteiger partial charge on any atom is 0.163 e. The van der Waals surface area contributed by atoms with Gasteiger partial charge in [0, 0.05) is 6.20 Å². The van der Waals surface area contributed by atoms with Gasteiger partial charge in [-0.05, 0) is 6.07 Å². The van der Waals surface area contributed by atoms with E-state index in [2.05, 4.69) is 15.2 Å². The zero-order valence-electron chi connectivity index (χ0n) is 6.34. The fraction of sp³-hybridized carbons (Fsp3) is 0.143. The molecule has 0 aliphatic rings. The Labute approximate surface area is 73.5 Å². The Morgan fingerprint density at radius 3 is 3.08 bits per heavy atom. The smallest absolute Gasteiger partial charge is 0.163 e. The SMILES string of the molecule is COc1c[nH]c2nnc(Cl)cc12. The van der Waals surface area contributed by atoms with E-state index < -0.39 is 0 Å². The van der Waals surface area contributed by atoms with Crippen LogP contribution in [0.5, 0.6) is 5.75 Å². The van der Waals surface area contributed by atoms with Gasteiger partial charge in [-0.3, -0.25) is 0 Å². The number of nitrogens with zero attached hydrogens (tertiary/aromatic N) is 2. The Balaban J connectivity index is 2.75. The summed E-state index contributed by atoms with van der Waals surface area (Å²) < 4.78 is 5.06. The van der Waals surface area contributed by atoms with Crippen molar-refractivity contribution in [2.24, 2.45) is 0 Å². The molecule has 62 valence electrons. The second-order valence-electron chi connectivity index (χ2n) is 2.29. The number of aromatic nitrogens is 3. The molecule has 2 aromatic heterocycles. The molecule has 0 bridgehead atoms. The van der Waals surface area contributed by atoms with Gasteiger partial charge in [-0.15, -0.1) is 10.2 Å². The maximum atomic E-state index is 5.66. The van der Waals surface area contributed by atoms with Gasteiger partial charge in [0.25, 0.3) is 0 Å². The molecule has 2 heterocycles. The number of nitrogens with one attached hydrogen (secondary N) is 1. The van der Waals surface area contributed by atoms with E-state index >= 15 is 0 Å². The van der Waals surface area contributed by atoms with Crippen LogP contribution in [0.2, 0.25) is 5.15 Å². The van der Waals surface area contributed by atoms with Gasteiger partial charge in [-0.25, -0.2) is 0 Å². The van der Waals surface area contributed by atoms with Crippen molar-refractivity contribution in [1.29, 1.82) is 0 Å². The van der Waals surface area contributed by atoms with E-state index in [9.17, 15) is 0 Å². The molecule has 0 unspecified atom stereocenters. The number of methoxy groups -OCH3 is 1. The highest BCUT2D eigenvalue weighted by atomic mass is 35.5. The number of aromatic amines is 1. The predicted octanol–water partition coefficient (Wildman–Crippen LogP) is 1.62. The van der Waals surface area contributed by atoms with Gasteiger partial charge in [-0.2, -0.15) is 0 Å². The molecule has 2 rings (SSSR count). The van der Waals surface area contributed by atoms with Crippen molar-refractivity contribution in [3.8, 4) is 5.75 Å². The number of halogens is 1. The molecule has 0 aromatic carbocycles. The van der Waals surface area contributed by atoms with Crippen molar-refractivity contribution in [3.63, 3.8) is 0 Å². The summed E-state index contributed by atoms with van der Waals surface area (Å²) >= 11 is 5.66. The molecule has 0 spiro atoms. The average molecular weight is 184 g/mol. The summed E-state index contributed by atoms with van der Waals surface area (Å²) in [5.41, 5.74) is 0.677. The molecular formula is C7H6ClN3O. The number of hydrogen-bond acceptors (Lipinski definition) is 3. The van der Waals surface area contributed by atoms with Gasteiger partial charge in [0.1, 0.15) is 5.75 Å². The minimum absolute atomic E-state index is 0.361. The molecule has 2 aromatic rings. The molecule has 4 nitrogen and oxygen atoms in total. The molecule has 0 saturated heterocycles. The van der Waals surface area contributed by atoms with Gasteiger partial charge in [-0.1, -0.05) is 11.6 Å². The molecule has 12 heavy (non-hydrogen) atoms. The van der Waals surface area contributed by atoms with Crippen LogP contribution in [0.4, 0.5) is 0 Å². The highest BCUT2D eigenvalue weighted by molar-refractivity contribution is 6.29. The van der Waals surface area contributed by atoms with E-state index in [4.69, 9.17) is 16.3 Å². The van der Waals surface area contributed by atoms with Crippen molar-refractivity contribution in [2.45, 2.75) is 0 Å².